The van der Waals surface area contributed by atoms with E-state index in [0.717, 1.165) is 16.7 Å². The van der Waals surface area contributed by atoms with Crippen LogP contribution >= 0.6 is 0 Å². The number of nitrogens with two attached hydrogens (primary N) is 2. The Morgan fingerprint density at radius 2 is 1.29 bits per heavy atom. The van der Waals surface area contributed by atoms with E-state index in [-0.39, 0.29) is 12.8 Å². The molecule has 4 N–H and O–H groups in total. The van der Waals surface area contributed by atoms with Crippen molar-refractivity contribution in [2.75, 3.05) is 7.11 Å². The molecular weight excluding hydrogens is 566 g/mol. The molecule has 4 rings (SSSR count). The first kappa shape index (κ1) is 32.7. The van der Waals surface area contributed by atoms with Crippen molar-refractivity contribution < 1.29 is 23.9 Å². The van der Waals surface area contributed by atoms with Crippen LogP contribution in [0.25, 0.3) is 0 Å². The van der Waals surface area contributed by atoms with Crippen molar-refractivity contribution in [1.82, 2.24) is 4.90 Å². The highest BCUT2D eigenvalue weighted by Gasteiger charge is 2.40. The number of rotatable bonds is 14. The Kier molecular flexibility index (Phi) is 11.2. The Balaban J connectivity index is 1.75. The summed E-state index contributed by atoms with van der Waals surface area (Å²) in [7, 11) is 1.32. The van der Waals surface area contributed by atoms with E-state index in [9.17, 15) is 19.2 Å². The minimum Gasteiger partial charge on any atom is -0.465 e. The lowest BCUT2D eigenvalue weighted by Gasteiger charge is -2.38. The topological polar surface area (TPSA) is 133 Å². The van der Waals surface area contributed by atoms with Gasteiger partial charge in [0, 0.05) is 6.42 Å². The summed E-state index contributed by atoms with van der Waals surface area (Å²) in [4.78, 5) is 54.6. The second kappa shape index (κ2) is 15.5. The highest BCUT2D eigenvalue weighted by molar-refractivity contribution is 5.96. The summed E-state index contributed by atoms with van der Waals surface area (Å²) in [5.74, 6) is -3.17. The highest BCUT2D eigenvalue weighted by Crippen LogP contribution is 2.30. The fourth-order valence-corrected chi connectivity index (χ4v) is 5.73. The molecule has 0 unspecified atom stereocenters. The zero-order chi connectivity index (χ0) is 32.3. The Labute approximate surface area is 264 Å². The summed E-state index contributed by atoms with van der Waals surface area (Å²) in [6.07, 6.45) is 1.23. The molecule has 0 heterocycles. The van der Waals surface area contributed by atoms with Crippen LogP contribution in [0.1, 0.15) is 56.9 Å². The first-order chi connectivity index (χ1) is 21.7. The zero-order valence-corrected chi connectivity index (χ0v) is 25.6. The molecule has 8 heteroatoms. The van der Waals surface area contributed by atoms with E-state index < -0.39 is 41.7 Å². The van der Waals surface area contributed by atoms with Gasteiger partial charge in [0.15, 0.2) is 0 Å². The minimum absolute atomic E-state index is 0.115. The summed E-state index contributed by atoms with van der Waals surface area (Å²) in [6.45, 7) is 1.94. The van der Waals surface area contributed by atoms with Crippen molar-refractivity contribution in [2.24, 2.45) is 11.5 Å². The molecule has 0 aliphatic heterocycles. The number of carbonyl (C=O) groups is 4. The van der Waals surface area contributed by atoms with Crippen LogP contribution in [-0.4, -0.2) is 47.8 Å². The van der Waals surface area contributed by atoms with E-state index in [1.807, 2.05) is 97.9 Å². The van der Waals surface area contributed by atoms with Gasteiger partial charge in [0.1, 0.15) is 12.1 Å². The maximum absolute atomic E-state index is 14.8. The number of carbonyl (C=O) groups excluding carboxylic acids is 4. The molecular formula is C37H39N3O5. The summed E-state index contributed by atoms with van der Waals surface area (Å²) < 4.78 is 4.84. The Morgan fingerprint density at radius 1 is 0.711 bits per heavy atom. The van der Waals surface area contributed by atoms with E-state index >= 15 is 0 Å². The molecule has 0 aromatic heterocycles. The van der Waals surface area contributed by atoms with Crippen LogP contribution in [0.5, 0.6) is 0 Å². The third kappa shape index (κ3) is 8.44. The van der Waals surface area contributed by atoms with Gasteiger partial charge >= 0.3 is 5.97 Å². The number of hydrogen-bond acceptors (Lipinski definition) is 5. The van der Waals surface area contributed by atoms with Gasteiger partial charge in [0.05, 0.1) is 18.6 Å². The van der Waals surface area contributed by atoms with Crippen LogP contribution in [0.4, 0.5) is 0 Å². The summed E-state index contributed by atoms with van der Waals surface area (Å²) in [5, 5.41) is 0. The monoisotopic (exact) mass is 605 g/mol. The van der Waals surface area contributed by atoms with Crippen LogP contribution in [0.2, 0.25) is 0 Å². The van der Waals surface area contributed by atoms with Gasteiger partial charge in [0.2, 0.25) is 17.7 Å². The molecule has 0 aliphatic carbocycles. The third-order valence-corrected chi connectivity index (χ3v) is 7.90. The number of primary amides is 2. The number of hydrogen-bond donors (Lipinski definition) is 2. The number of amides is 3. The van der Waals surface area contributed by atoms with Gasteiger partial charge < -0.3 is 21.1 Å². The van der Waals surface area contributed by atoms with Gasteiger partial charge in [-0.3, -0.25) is 14.4 Å². The summed E-state index contributed by atoms with van der Waals surface area (Å²) in [6, 6.07) is 30.9. The van der Waals surface area contributed by atoms with Gasteiger partial charge in [-0.2, -0.15) is 0 Å². The second-order valence-electron chi connectivity index (χ2n) is 11.1. The first-order valence-corrected chi connectivity index (χ1v) is 14.9. The number of ether oxygens (including phenoxy) is 1. The number of nitrogens with zero attached hydrogens (tertiary/aromatic N) is 1. The van der Waals surface area contributed by atoms with Crippen LogP contribution in [0, 0.1) is 6.92 Å². The molecule has 4 aromatic carbocycles. The molecule has 0 aliphatic rings. The number of aryl methyl sites for hydroxylation is 2. The number of esters is 1. The van der Waals surface area contributed by atoms with Crippen molar-refractivity contribution in [3.8, 4) is 0 Å². The maximum Gasteiger partial charge on any atom is 0.337 e. The van der Waals surface area contributed by atoms with E-state index in [4.69, 9.17) is 16.2 Å². The normalized spacial score (nSPS) is 12.2. The predicted octanol–water partition coefficient (Wildman–Crippen LogP) is 4.72. The lowest BCUT2D eigenvalue weighted by Crippen LogP contribution is -2.58. The van der Waals surface area contributed by atoms with E-state index in [2.05, 4.69) is 0 Å². The molecule has 2 atom stereocenters. The van der Waals surface area contributed by atoms with E-state index in [1.165, 1.54) is 12.0 Å². The minimum atomic E-state index is -1.14. The largest absolute Gasteiger partial charge is 0.465 e. The Morgan fingerprint density at radius 3 is 1.84 bits per heavy atom. The quantitative estimate of drug-likeness (QED) is 0.201. The lowest BCUT2D eigenvalue weighted by atomic mass is 9.87. The highest BCUT2D eigenvalue weighted by atomic mass is 16.5. The molecule has 0 bridgehead atoms. The van der Waals surface area contributed by atoms with Crippen LogP contribution < -0.4 is 11.5 Å². The van der Waals surface area contributed by atoms with Crippen molar-refractivity contribution in [1.29, 1.82) is 0 Å². The molecule has 3 amide bonds. The van der Waals surface area contributed by atoms with Crippen molar-refractivity contribution >= 4 is 23.7 Å². The summed E-state index contributed by atoms with van der Waals surface area (Å²) >= 11 is 0. The van der Waals surface area contributed by atoms with Crippen LogP contribution in [0.3, 0.4) is 0 Å². The van der Waals surface area contributed by atoms with Gasteiger partial charge in [0.25, 0.3) is 0 Å². The van der Waals surface area contributed by atoms with E-state index in [0.29, 0.717) is 29.5 Å². The maximum atomic E-state index is 14.8. The smallest absolute Gasteiger partial charge is 0.337 e. The number of methoxy groups -OCH3 is 1. The third-order valence-electron chi connectivity index (χ3n) is 7.90. The molecule has 0 spiro atoms. The van der Waals surface area contributed by atoms with Crippen LogP contribution in [0.15, 0.2) is 109 Å². The molecule has 8 nitrogen and oxygen atoms in total. The Bertz CT molecular complexity index is 1580. The standard InChI is InChI=1S/C37H39N3O5/c1-25-12-9-15-27(22-25)24-32(35(39)42)40(36(43)33(28-16-5-3-6-17-28)29-18-7-4-8-19-29)31(34(38)41)21-11-14-26-13-10-20-30(23-26)37(44)45-2/h3-10,12-13,15-20,22-23,31-33H,11,14,21,24H2,1-2H3,(H2,38,41)(H2,39,42)/t31-,32-/m0/s1. The molecule has 232 valence electrons. The van der Waals surface area contributed by atoms with Crippen LogP contribution in [-0.2, 0) is 32.0 Å². The van der Waals surface area contributed by atoms with Gasteiger partial charge in [-0.05, 0) is 60.6 Å². The average molecular weight is 606 g/mol. The molecule has 0 fully saturated rings. The predicted molar refractivity (Wildman–Crippen MR) is 173 cm³/mol. The second-order valence-corrected chi connectivity index (χ2v) is 11.1. The van der Waals surface area contributed by atoms with Crippen molar-refractivity contribution in [2.45, 2.75) is 50.6 Å². The van der Waals surface area contributed by atoms with Gasteiger partial charge in [-0.15, -0.1) is 0 Å². The fourth-order valence-electron chi connectivity index (χ4n) is 5.73. The molecule has 0 saturated carbocycles. The number of benzene rings is 4. The van der Waals surface area contributed by atoms with Crippen molar-refractivity contribution in [3.63, 3.8) is 0 Å². The first-order valence-electron chi connectivity index (χ1n) is 14.9. The van der Waals surface area contributed by atoms with E-state index in [1.54, 1.807) is 18.2 Å². The SMILES string of the molecule is COC(=O)c1cccc(CCC[C@@H](C(N)=O)N(C(=O)C(c2ccccc2)c2ccccc2)[C@@H](Cc2cccc(C)c2)C(N)=O)c1. The fraction of sp³-hybridized carbons (Fsp3) is 0.243. The summed E-state index contributed by atoms with van der Waals surface area (Å²) in [5.41, 5.74) is 16.5. The lowest BCUT2D eigenvalue weighted by molar-refractivity contribution is -0.147. The van der Waals surface area contributed by atoms with Gasteiger partial charge in [-0.1, -0.05) is 103 Å². The Hall–Kier alpha value is -5.24. The van der Waals surface area contributed by atoms with Gasteiger partial charge in [-0.25, -0.2) is 4.79 Å². The van der Waals surface area contributed by atoms with Crippen molar-refractivity contribution in [3.05, 3.63) is 143 Å². The molecule has 4 aromatic rings. The zero-order valence-electron chi connectivity index (χ0n) is 25.6. The average Bonchev–Trinajstić information content (AvgIpc) is 3.04. The molecule has 0 radical (unpaired) electrons. The molecule has 45 heavy (non-hydrogen) atoms. The molecule has 0 saturated heterocycles.